The standard InChI is InChI=1S/C25H37N9O7/c1-12(35)20(24(40)41)34-23(39)18(9-13-11-31-16-6-3-2-5-14(13)16)33-22(38)17(7-4-8-30-25(28)29)32-21(37)15(26)10-19(27)36/h2-3,5-6,11-12,15,17-18,20,31,35H,4,7-10,26H2,1H3,(H2,27,36)(H,32,37)(H,33,38)(H,34,39)(H,40,41)(H4,28,29,30). The van der Waals surface area contributed by atoms with Crippen LogP contribution in [0.3, 0.4) is 0 Å². The van der Waals surface area contributed by atoms with Gasteiger partial charge in [-0.2, -0.15) is 0 Å². The zero-order chi connectivity index (χ0) is 30.7. The van der Waals surface area contributed by atoms with Crippen molar-refractivity contribution in [1.82, 2.24) is 20.9 Å². The molecule has 0 aliphatic carbocycles. The fourth-order valence-corrected chi connectivity index (χ4v) is 4.01. The Bertz CT molecular complexity index is 1270. The Morgan fingerprint density at radius 3 is 2.22 bits per heavy atom. The molecule has 0 radical (unpaired) electrons. The van der Waals surface area contributed by atoms with Crippen LogP contribution in [0.25, 0.3) is 10.9 Å². The predicted molar refractivity (Wildman–Crippen MR) is 149 cm³/mol. The highest BCUT2D eigenvalue weighted by Crippen LogP contribution is 2.19. The molecule has 0 spiro atoms. The number of primary amides is 1. The first-order valence-electron chi connectivity index (χ1n) is 12.8. The number of guanidine groups is 1. The number of nitrogens with one attached hydrogen (secondary N) is 4. The zero-order valence-electron chi connectivity index (χ0n) is 22.5. The van der Waals surface area contributed by atoms with Gasteiger partial charge in [0, 0.05) is 30.1 Å². The Morgan fingerprint density at radius 2 is 1.61 bits per heavy atom. The van der Waals surface area contributed by atoms with Gasteiger partial charge in [-0.3, -0.25) is 24.2 Å². The molecule has 224 valence electrons. The smallest absolute Gasteiger partial charge is 0.328 e. The van der Waals surface area contributed by atoms with Crippen LogP contribution in [0.2, 0.25) is 0 Å². The van der Waals surface area contributed by atoms with Gasteiger partial charge in [0.2, 0.25) is 23.6 Å². The molecule has 0 aliphatic heterocycles. The van der Waals surface area contributed by atoms with Crippen LogP contribution in [0.1, 0.15) is 31.7 Å². The molecule has 2 aromatic rings. The number of nitrogens with two attached hydrogens (primary N) is 4. The van der Waals surface area contributed by atoms with Gasteiger partial charge in [-0.15, -0.1) is 0 Å². The van der Waals surface area contributed by atoms with Crippen LogP contribution in [0, 0.1) is 0 Å². The highest BCUT2D eigenvalue weighted by atomic mass is 16.4. The number of H-pyrrole nitrogens is 1. The van der Waals surface area contributed by atoms with E-state index in [0.29, 0.717) is 5.56 Å². The van der Waals surface area contributed by atoms with Crippen molar-refractivity contribution >= 4 is 46.5 Å². The summed E-state index contributed by atoms with van der Waals surface area (Å²) < 4.78 is 0. The number of carbonyl (C=O) groups excluding carboxylic acids is 4. The largest absolute Gasteiger partial charge is 0.480 e. The average Bonchev–Trinajstić information content (AvgIpc) is 3.30. The molecule has 4 amide bonds. The van der Waals surface area contributed by atoms with E-state index in [1.54, 1.807) is 18.3 Å². The summed E-state index contributed by atoms with van der Waals surface area (Å²) in [4.78, 5) is 68.9. The van der Waals surface area contributed by atoms with Crippen molar-refractivity contribution in [3.63, 3.8) is 0 Å². The fourth-order valence-electron chi connectivity index (χ4n) is 4.01. The third-order valence-electron chi connectivity index (χ3n) is 6.11. The van der Waals surface area contributed by atoms with E-state index in [1.165, 1.54) is 6.92 Å². The number of benzene rings is 1. The van der Waals surface area contributed by atoms with E-state index >= 15 is 0 Å². The molecule has 0 bridgehead atoms. The number of nitrogens with zero attached hydrogens (tertiary/aromatic N) is 1. The first-order chi connectivity index (χ1) is 19.3. The molecule has 1 heterocycles. The van der Waals surface area contributed by atoms with Crippen molar-refractivity contribution < 1.29 is 34.2 Å². The summed E-state index contributed by atoms with van der Waals surface area (Å²) in [5.41, 5.74) is 22.9. The third kappa shape index (κ3) is 10.1. The number of carbonyl (C=O) groups is 5. The van der Waals surface area contributed by atoms with Gasteiger partial charge in [0.25, 0.3) is 0 Å². The highest BCUT2D eigenvalue weighted by Gasteiger charge is 2.32. The second-order valence-corrected chi connectivity index (χ2v) is 9.48. The van der Waals surface area contributed by atoms with Crippen LogP contribution in [0.4, 0.5) is 0 Å². The number of hydrogen-bond acceptors (Lipinski definition) is 8. The molecule has 16 nitrogen and oxygen atoms in total. The number of amides is 4. The van der Waals surface area contributed by atoms with Gasteiger partial charge in [0.05, 0.1) is 18.6 Å². The molecule has 0 saturated carbocycles. The minimum atomic E-state index is -1.65. The number of fused-ring (bicyclic) bond motifs is 1. The van der Waals surface area contributed by atoms with Gasteiger partial charge in [0.1, 0.15) is 12.1 Å². The molecule has 0 aliphatic rings. The first kappa shape index (κ1) is 32.5. The van der Waals surface area contributed by atoms with Crippen molar-refractivity contribution in [2.75, 3.05) is 6.54 Å². The summed E-state index contributed by atoms with van der Waals surface area (Å²) >= 11 is 0. The van der Waals surface area contributed by atoms with Gasteiger partial charge in [-0.05, 0) is 31.4 Å². The number of para-hydroxylation sites is 1. The SMILES string of the molecule is CC(O)C(NC(=O)C(Cc1c[nH]c2ccccc12)NC(=O)C(CCCN=C(N)N)NC(=O)C(N)CC(N)=O)C(=O)O. The van der Waals surface area contributed by atoms with Crippen molar-refractivity contribution in [3.05, 3.63) is 36.0 Å². The predicted octanol–water partition coefficient (Wildman–Crippen LogP) is -3.11. The van der Waals surface area contributed by atoms with Crippen LogP contribution in [-0.2, 0) is 30.4 Å². The maximum absolute atomic E-state index is 13.4. The molecule has 14 N–H and O–H groups in total. The average molecular weight is 576 g/mol. The number of aromatic amines is 1. The number of aliphatic hydroxyl groups excluding tert-OH is 1. The Kier molecular flexibility index (Phi) is 12.0. The van der Waals surface area contributed by atoms with Crippen LogP contribution >= 0.6 is 0 Å². The lowest BCUT2D eigenvalue weighted by Crippen LogP contribution is -2.59. The van der Waals surface area contributed by atoms with E-state index in [2.05, 4.69) is 25.9 Å². The van der Waals surface area contributed by atoms with Crippen LogP contribution in [0.5, 0.6) is 0 Å². The van der Waals surface area contributed by atoms with Gasteiger partial charge >= 0.3 is 5.97 Å². The van der Waals surface area contributed by atoms with E-state index < -0.39 is 66.3 Å². The van der Waals surface area contributed by atoms with Crippen molar-refractivity contribution in [3.8, 4) is 0 Å². The van der Waals surface area contributed by atoms with Crippen molar-refractivity contribution in [2.45, 2.75) is 62.9 Å². The minimum absolute atomic E-state index is 0.0183. The zero-order valence-corrected chi connectivity index (χ0v) is 22.5. The molecule has 0 fully saturated rings. The van der Waals surface area contributed by atoms with Gasteiger partial charge in [-0.1, -0.05) is 18.2 Å². The molecule has 5 atom stereocenters. The normalized spacial score (nSPS) is 14.6. The molecular formula is C25H37N9O7. The maximum Gasteiger partial charge on any atom is 0.328 e. The van der Waals surface area contributed by atoms with Crippen LogP contribution in [0.15, 0.2) is 35.5 Å². The van der Waals surface area contributed by atoms with E-state index in [4.69, 9.17) is 22.9 Å². The maximum atomic E-state index is 13.4. The molecule has 16 heteroatoms. The number of aliphatic hydroxyl groups is 1. The second kappa shape index (κ2) is 15.2. The lowest BCUT2D eigenvalue weighted by atomic mass is 10.0. The molecule has 1 aromatic heterocycles. The number of aromatic nitrogens is 1. The Balaban J connectivity index is 2.33. The summed E-state index contributed by atoms with van der Waals surface area (Å²) in [7, 11) is 0. The monoisotopic (exact) mass is 575 g/mol. The lowest BCUT2D eigenvalue weighted by molar-refractivity contribution is -0.145. The molecule has 5 unspecified atom stereocenters. The Morgan fingerprint density at radius 1 is 0.976 bits per heavy atom. The number of rotatable bonds is 16. The molecule has 41 heavy (non-hydrogen) atoms. The highest BCUT2D eigenvalue weighted by molar-refractivity contribution is 5.95. The van der Waals surface area contributed by atoms with E-state index in [0.717, 1.165) is 10.9 Å². The summed E-state index contributed by atoms with van der Waals surface area (Å²) in [6.45, 7) is 1.33. The number of carboxylic acid groups (broad SMARTS) is 1. The minimum Gasteiger partial charge on any atom is -0.480 e. The summed E-state index contributed by atoms with van der Waals surface area (Å²) in [5, 5.41) is 27.3. The number of hydrogen-bond donors (Lipinski definition) is 10. The number of carboxylic acids is 1. The van der Waals surface area contributed by atoms with Crippen LogP contribution < -0.4 is 38.9 Å². The van der Waals surface area contributed by atoms with E-state index in [1.807, 2.05) is 12.1 Å². The topological polar surface area (TPSA) is 294 Å². The fraction of sp³-hybridized carbons (Fsp3) is 0.440. The van der Waals surface area contributed by atoms with Crippen LogP contribution in [-0.4, -0.2) is 87.6 Å². The Labute approximate surface area is 235 Å². The molecule has 0 saturated heterocycles. The summed E-state index contributed by atoms with van der Waals surface area (Å²) in [5.74, 6) is -4.96. The Hall–Kier alpha value is -4.70. The first-order valence-corrected chi connectivity index (χ1v) is 12.8. The number of aliphatic imine (C=N–C) groups is 1. The quantitative estimate of drug-likeness (QED) is 0.0545. The van der Waals surface area contributed by atoms with Gasteiger partial charge in [-0.25, -0.2) is 4.79 Å². The second-order valence-electron chi connectivity index (χ2n) is 9.48. The van der Waals surface area contributed by atoms with E-state index in [-0.39, 0.29) is 31.8 Å². The van der Waals surface area contributed by atoms with E-state index in [9.17, 15) is 34.2 Å². The molecular weight excluding hydrogens is 538 g/mol. The van der Waals surface area contributed by atoms with Gasteiger partial charge < -0.3 is 54.1 Å². The lowest BCUT2D eigenvalue weighted by Gasteiger charge is -2.25. The van der Waals surface area contributed by atoms with Crippen molar-refractivity contribution in [2.24, 2.45) is 27.9 Å². The molecule has 2 rings (SSSR count). The number of aliphatic carboxylic acids is 1. The van der Waals surface area contributed by atoms with Crippen molar-refractivity contribution in [1.29, 1.82) is 0 Å². The van der Waals surface area contributed by atoms with Gasteiger partial charge in [0.15, 0.2) is 12.0 Å². The third-order valence-corrected chi connectivity index (χ3v) is 6.11. The molecule has 1 aromatic carbocycles. The summed E-state index contributed by atoms with van der Waals surface area (Å²) in [6.07, 6.45) is -0.0547. The summed E-state index contributed by atoms with van der Waals surface area (Å²) in [6, 6.07) is 1.70.